The van der Waals surface area contributed by atoms with Gasteiger partial charge in [-0.15, -0.1) is 0 Å². The summed E-state index contributed by atoms with van der Waals surface area (Å²) >= 11 is 3.07. The molecule has 8 heteroatoms. The molecule has 1 aromatic rings. The average Bonchev–Trinajstić information content (AvgIpc) is 2.53. The number of nitrogens with one attached hydrogen (secondary N) is 1. The molecule has 1 rings (SSSR count). The Morgan fingerprint density at radius 2 is 2.08 bits per heavy atom. The largest absolute Gasteiger partial charge is 0.489 e. The topological polar surface area (TPSA) is 60.5 Å². The van der Waals surface area contributed by atoms with E-state index in [0.29, 0.717) is 23.5 Å². The van der Waals surface area contributed by atoms with Crippen molar-refractivity contribution < 1.29 is 23.0 Å². The lowest BCUT2D eigenvalue weighted by Gasteiger charge is -2.21. The van der Waals surface area contributed by atoms with Gasteiger partial charge in [0.25, 0.3) is 6.43 Å². The lowest BCUT2D eigenvalue weighted by Crippen LogP contribution is -2.40. The molecule has 0 radical (unpaired) electrons. The Morgan fingerprint density at radius 3 is 2.68 bits per heavy atom. The number of nitrogens with zero attached hydrogens (tertiary/aromatic N) is 1. The molecule has 0 aromatic carbocycles. The highest BCUT2D eigenvalue weighted by Crippen LogP contribution is 2.29. The number of pyridine rings is 1. The molecule has 0 aliphatic heterocycles. The molecule has 0 saturated carbocycles. The number of rotatable bonds is 10. The van der Waals surface area contributed by atoms with E-state index in [1.807, 2.05) is 20.8 Å². The molecule has 1 amide bonds. The molecule has 0 aliphatic rings. The number of amides is 1. The van der Waals surface area contributed by atoms with Crippen LogP contribution in [0.2, 0.25) is 0 Å². The summed E-state index contributed by atoms with van der Waals surface area (Å²) in [7, 11) is 0. The Morgan fingerprint density at radius 1 is 1.36 bits per heavy atom. The molecule has 0 aliphatic carbocycles. The Labute approximate surface area is 155 Å². The molecular formula is C17H25BrF2N2O3. The summed E-state index contributed by atoms with van der Waals surface area (Å²) in [5, 5.41) is 2.73. The van der Waals surface area contributed by atoms with E-state index in [1.54, 1.807) is 0 Å². The summed E-state index contributed by atoms with van der Waals surface area (Å²) in [5.41, 5.74) is -0.428. The number of unbranched alkanes of at least 4 members (excludes halogenated alkanes) is 1. The summed E-state index contributed by atoms with van der Waals surface area (Å²) in [6, 6.07) is 2.62. The third-order valence-corrected chi connectivity index (χ3v) is 3.75. The van der Waals surface area contributed by atoms with Crippen molar-refractivity contribution >= 4 is 22.0 Å². The summed E-state index contributed by atoms with van der Waals surface area (Å²) in [6.45, 7) is 6.42. The van der Waals surface area contributed by atoms with Crippen molar-refractivity contribution in [3.63, 3.8) is 0 Å². The molecule has 0 fully saturated rings. The Balaban J connectivity index is 2.68. The van der Waals surface area contributed by atoms with E-state index in [0.717, 1.165) is 12.8 Å². The van der Waals surface area contributed by atoms with E-state index in [9.17, 15) is 13.6 Å². The molecule has 1 atom stereocenters. The first kappa shape index (κ1) is 21.6. The maximum Gasteiger partial charge on any atom is 0.407 e. The third kappa shape index (κ3) is 8.47. The van der Waals surface area contributed by atoms with E-state index in [2.05, 4.69) is 26.2 Å². The predicted octanol–water partition coefficient (Wildman–Crippen LogP) is 5.10. The summed E-state index contributed by atoms with van der Waals surface area (Å²) in [5.74, 6) is 0.301. The zero-order valence-corrected chi connectivity index (χ0v) is 16.3. The second-order valence-electron chi connectivity index (χ2n) is 6.09. The third-order valence-electron chi connectivity index (χ3n) is 3.31. The van der Waals surface area contributed by atoms with Crippen LogP contribution < -0.4 is 10.1 Å². The highest BCUT2D eigenvalue weighted by Gasteiger charge is 2.20. The van der Waals surface area contributed by atoms with Crippen LogP contribution in [0, 0.1) is 5.92 Å². The SMILES string of the molecule is CCCCOC(=O)N[C@H](COc1ccc(Br)nc1C(F)F)CC(C)C. The van der Waals surface area contributed by atoms with Crippen molar-refractivity contribution in [2.75, 3.05) is 13.2 Å². The fourth-order valence-electron chi connectivity index (χ4n) is 2.16. The molecule has 0 spiro atoms. The van der Waals surface area contributed by atoms with Gasteiger partial charge in [-0.1, -0.05) is 27.2 Å². The van der Waals surface area contributed by atoms with Crippen LogP contribution in [0.1, 0.15) is 52.2 Å². The van der Waals surface area contributed by atoms with Crippen LogP contribution in [0.5, 0.6) is 5.75 Å². The number of hydrogen-bond acceptors (Lipinski definition) is 4. The van der Waals surface area contributed by atoms with Crippen molar-refractivity contribution in [1.82, 2.24) is 10.3 Å². The molecule has 0 unspecified atom stereocenters. The van der Waals surface area contributed by atoms with Gasteiger partial charge in [0.15, 0.2) is 0 Å². The second kappa shape index (κ2) is 11.2. The molecule has 0 bridgehead atoms. The number of carbonyl (C=O) groups excluding carboxylic acids is 1. The second-order valence-corrected chi connectivity index (χ2v) is 6.90. The van der Waals surface area contributed by atoms with Crippen molar-refractivity contribution in [3.8, 4) is 5.75 Å². The monoisotopic (exact) mass is 422 g/mol. The summed E-state index contributed by atoms with van der Waals surface area (Å²) in [6.07, 6.45) is -0.912. The predicted molar refractivity (Wildman–Crippen MR) is 95.0 cm³/mol. The quantitative estimate of drug-likeness (QED) is 0.420. The van der Waals surface area contributed by atoms with Gasteiger partial charge < -0.3 is 14.8 Å². The molecule has 5 nitrogen and oxygen atoms in total. The van der Waals surface area contributed by atoms with Gasteiger partial charge in [-0.05, 0) is 46.8 Å². The number of alkyl halides is 2. The van der Waals surface area contributed by atoms with Gasteiger partial charge in [0.05, 0.1) is 12.6 Å². The number of carbonyl (C=O) groups is 1. The molecular weight excluding hydrogens is 398 g/mol. The van der Waals surface area contributed by atoms with Crippen LogP contribution in [0.15, 0.2) is 16.7 Å². The Kier molecular flexibility index (Phi) is 9.70. The normalized spacial score (nSPS) is 12.3. The van der Waals surface area contributed by atoms with Crippen LogP contribution in [-0.2, 0) is 4.74 Å². The maximum atomic E-state index is 13.1. The van der Waals surface area contributed by atoms with Gasteiger partial charge in [0.2, 0.25) is 0 Å². The number of aromatic nitrogens is 1. The van der Waals surface area contributed by atoms with Crippen LogP contribution in [-0.4, -0.2) is 30.3 Å². The summed E-state index contributed by atoms with van der Waals surface area (Å²) < 4.78 is 37.0. The number of halogens is 3. The minimum absolute atomic E-state index is 0.00751. The number of alkyl carbamates (subject to hydrolysis) is 1. The van der Waals surface area contributed by atoms with Crippen molar-refractivity contribution in [2.24, 2.45) is 5.92 Å². The van der Waals surface area contributed by atoms with E-state index in [-0.39, 0.29) is 18.4 Å². The van der Waals surface area contributed by atoms with E-state index < -0.39 is 18.2 Å². The van der Waals surface area contributed by atoms with Crippen molar-refractivity contribution in [3.05, 3.63) is 22.4 Å². The Hall–Kier alpha value is -1.44. The van der Waals surface area contributed by atoms with E-state index in [4.69, 9.17) is 9.47 Å². The van der Waals surface area contributed by atoms with Gasteiger partial charge >= 0.3 is 6.09 Å². The van der Waals surface area contributed by atoms with Crippen molar-refractivity contribution in [1.29, 1.82) is 0 Å². The fraction of sp³-hybridized carbons (Fsp3) is 0.647. The van der Waals surface area contributed by atoms with E-state index in [1.165, 1.54) is 12.1 Å². The molecule has 142 valence electrons. The molecule has 0 saturated heterocycles. The minimum atomic E-state index is -2.75. The standard InChI is InChI=1S/C17H25BrF2N2O3/c1-4-5-8-24-17(23)21-12(9-11(2)3)10-25-13-6-7-14(18)22-15(13)16(19)20/h6-7,11-12,16H,4-5,8-10H2,1-3H3,(H,21,23)/t12-/m0/s1. The number of hydrogen-bond donors (Lipinski definition) is 1. The van der Waals surface area contributed by atoms with Gasteiger partial charge in [-0.25, -0.2) is 18.6 Å². The highest BCUT2D eigenvalue weighted by atomic mass is 79.9. The first-order chi connectivity index (χ1) is 11.8. The molecule has 25 heavy (non-hydrogen) atoms. The van der Waals surface area contributed by atoms with Gasteiger partial charge in [-0.2, -0.15) is 0 Å². The lowest BCUT2D eigenvalue weighted by molar-refractivity contribution is 0.127. The smallest absolute Gasteiger partial charge is 0.407 e. The van der Waals surface area contributed by atoms with Crippen LogP contribution in [0.4, 0.5) is 13.6 Å². The maximum absolute atomic E-state index is 13.1. The highest BCUT2D eigenvalue weighted by molar-refractivity contribution is 9.10. The lowest BCUT2D eigenvalue weighted by atomic mass is 10.0. The van der Waals surface area contributed by atoms with Gasteiger partial charge in [0.1, 0.15) is 22.7 Å². The van der Waals surface area contributed by atoms with Crippen molar-refractivity contribution in [2.45, 2.75) is 52.5 Å². The minimum Gasteiger partial charge on any atom is -0.489 e. The van der Waals surface area contributed by atoms with Crippen LogP contribution in [0.3, 0.4) is 0 Å². The zero-order chi connectivity index (χ0) is 18.8. The first-order valence-electron chi connectivity index (χ1n) is 8.34. The Bertz CT molecular complexity index is 545. The van der Waals surface area contributed by atoms with Gasteiger partial charge in [-0.3, -0.25) is 0 Å². The summed E-state index contributed by atoms with van der Waals surface area (Å²) in [4.78, 5) is 15.6. The van der Waals surface area contributed by atoms with Crippen LogP contribution >= 0.6 is 15.9 Å². The zero-order valence-electron chi connectivity index (χ0n) is 14.7. The van der Waals surface area contributed by atoms with E-state index >= 15 is 0 Å². The fourth-order valence-corrected chi connectivity index (χ4v) is 2.48. The first-order valence-corrected chi connectivity index (χ1v) is 9.13. The average molecular weight is 423 g/mol. The van der Waals surface area contributed by atoms with Crippen LogP contribution in [0.25, 0.3) is 0 Å². The van der Waals surface area contributed by atoms with Gasteiger partial charge in [0, 0.05) is 0 Å². The molecule has 1 N–H and O–H groups in total. The molecule has 1 heterocycles. The molecule has 1 aromatic heterocycles. The number of ether oxygens (including phenoxy) is 2.